The molecule has 2 N–H and O–H groups in total. The molecule has 146 valence electrons. The van der Waals surface area contributed by atoms with Crippen molar-refractivity contribution in [2.75, 3.05) is 26.7 Å². The Kier molecular flexibility index (Phi) is 7.59. The van der Waals surface area contributed by atoms with Crippen molar-refractivity contribution in [3.8, 4) is 0 Å². The summed E-state index contributed by atoms with van der Waals surface area (Å²) in [5.41, 5.74) is 1.15. The van der Waals surface area contributed by atoms with Crippen molar-refractivity contribution >= 4 is 17.3 Å². The van der Waals surface area contributed by atoms with E-state index in [0.717, 1.165) is 63.5 Å². The first kappa shape index (κ1) is 19.8. The number of aromatic nitrogens is 2. The molecule has 6 nitrogen and oxygen atoms in total. The van der Waals surface area contributed by atoms with Crippen molar-refractivity contribution in [2.24, 2.45) is 4.99 Å². The van der Waals surface area contributed by atoms with E-state index in [-0.39, 0.29) is 0 Å². The van der Waals surface area contributed by atoms with Gasteiger partial charge < -0.3 is 10.6 Å². The van der Waals surface area contributed by atoms with E-state index in [1.54, 1.807) is 11.3 Å². The number of rotatable bonds is 7. The Morgan fingerprint density at radius 3 is 2.81 bits per heavy atom. The van der Waals surface area contributed by atoms with Gasteiger partial charge in [0.25, 0.3) is 0 Å². The molecule has 0 amide bonds. The van der Waals surface area contributed by atoms with E-state index in [1.807, 2.05) is 25.5 Å². The monoisotopic (exact) mass is 386 g/mol. The van der Waals surface area contributed by atoms with Crippen molar-refractivity contribution < 1.29 is 0 Å². The summed E-state index contributed by atoms with van der Waals surface area (Å²) in [5.74, 6) is 0.894. The van der Waals surface area contributed by atoms with Gasteiger partial charge in [-0.05, 0) is 31.4 Å². The number of nitrogens with zero attached hydrogens (tertiary/aromatic N) is 4. The van der Waals surface area contributed by atoms with E-state index in [4.69, 9.17) is 0 Å². The van der Waals surface area contributed by atoms with Crippen LogP contribution < -0.4 is 10.6 Å². The van der Waals surface area contributed by atoms with Gasteiger partial charge in [-0.2, -0.15) is 0 Å². The Morgan fingerprint density at radius 2 is 2.15 bits per heavy atom. The van der Waals surface area contributed by atoms with Gasteiger partial charge >= 0.3 is 0 Å². The first-order chi connectivity index (χ1) is 13.3. The highest BCUT2D eigenvalue weighted by Crippen LogP contribution is 2.14. The second-order valence-corrected chi connectivity index (χ2v) is 8.04. The molecular weight excluding hydrogens is 356 g/mol. The minimum atomic E-state index is 0.475. The molecule has 0 atom stereocenters. The molecule has 1 saturated heterocycles. The smallest absolute Gasteiger partial charge is 0.191 e. The predicted octanol–water partition coefficient (Wildman–Crippen LogP) is 2.47. The number of piperidine rings is 1. The molecule has 0 saturated carbocycles. The van der Waals surface area contributed by atoms with Crippen LogP contribution >= 0.6 is 11.3 Å². The molecule has 1 fully saturated rings. The number of aryl methyl sites for hydroxylation is 1. The molecule has 3 heterocycles. The fourth-order valence-corrected chi connectivity index (χ4v) is 4.12. The SMILES string of the molecule is CCc1cnc(CCNC(=NC)NC2CCN(Cc3ccccn3)CC2)s1. The van der Waals surface area contributed by atoms with Crippen molar-refractivity contribution in [1.29, 1.82) is 0 Å². The number of guanidine groups is 1. The molecule has 27 heavy (non-hydrogen) atoms. The van der Waals surface area contributed by atoms with Gasteiger partial charge in [-0.1, -0.05) is 13.0 Å². The normalized spacial score (nSPS) is 16.4. The highest BCUT2D eigenvalue weighted by atomic mass is 32.1. The summed E-state index contributed by atoms with van der Waals surface area (Å²) < 4.78 is 0. The first-order valence-corrected chi connectivity index (χ1v) is 10.6. The van der Waals surface area contributed by atoms with Gasteiger partial charge in [-0.3, -0.25) is 14.9 Å². The molecule has 3 rings (SSSR count). The highest BCUT2D eigenvalue weighted by Gasteiger charge is 2.20. The minimum absolute atomic E-state index is 0.475. The average Bonchev–Trinajstić information content (AvgIpc) is 3.17. The molecule has 0 unspecified atom stereocenters. The van der Waals surface area contributed by atoms with Crippen LogP contribution in [-0.2, 0) is 19.4 Å². The molecule has 2 aromatic rings. The van der Waals surface area contributed by atoms with Gasteiger partial charge in [0, 0.05) is 63.0 Å². The fourth-order valence-electron chi connectivity index (χ4n) is 3.26. The summed E-state index contributed by atoms with van der Waals surface area (Å²) in [6, 6.07) is 6.60. The molecular formula is C20H30N6S. The van der Waals surface area contributed by atoms with E-state index in [1.165, 1.54) is 9.88 Å². The van der Waals surface area contributed by atoms with Gasteiger partial charge in [0.05, 0.1) is 10.7 Å². The first-order valence-electron chi connectivity index (χ1n) is 9.80. The lowest BCUT2D eigenvalue weighted by molar-refractivity contribution is 0.196. The number of likely N-dealkylation sites (tertiary alicyclic amines) is 1. The van der Waals surface area contributed by atoms with Gasteiger partial charge in [-0.15, -0.1) is 11.3 Å². The van der Waals surface area contributed by atoms with Crippen LogP contribution in [0, 0.1) is 0 Å². The van der Waals surface area contributed by atoms with Crippen molar-refractivity contribution in [1.82, 2.24) is 25.5 Å². The second kappa shape index (κ2) is 10.4. The van der Waals surface area contributed by atoms with E-state index >= 15 is 0 Å². The lowest BCUT2D eigenvalue weighted by Gasteiger charge is -2.32. The largest absolute Gasteiger partial charge is 0.356 e. The summed E-state index contributed by atoms with van der Waals surface area (Å²) >= 11 is 1.81. The van der Waals surface area contributed by atoms with Crippen molar-refractivity contribution in [2.45, 2.75) is 45.2 Å². The summed E-state index contributed by atoms with van der Waals surface area (Å²) in [7, 11) is 1.84. The molecule has 0 aliphatic carbocycles. The van der Waals surface area contributed by atoms with Crippen LogP contribution in [0.3, 0.4) is 0 Å². The molecule has 0 aromatic carbocycles. The second-order valence-electron chi connectivity index (χ2n) is 6.84. The Balaban J connectivity index is 1.36. The number of hydrogen-bond acceptors (Lipinski definition) is 5. The zero-order chi connectivity index (χ0) is 18.9. The third kappa shape index (κ3) is 6.29. The summed E-state index contributed by atoms with van der Waals surface area (Å²) in [6.07, 6.45) is 8.11. The molecule has 7 heteroatoms. The molecule has 2 aromatic heterocycles. The van der Waals surface area contributed by atoms with Gasteiger partial charge in [0.2, 0.25) is 0 Å². The highest BCUT2D eigenvalue weighted by molar-refractivity contribution is 7.11. The Hall–Kier alpha value is -1.99. The number of pyridine rings is 1. The molecule has 1 aliphatic heterocycles. The number of thiazole rings is 1. The van der Waals surface area contributed by atoms with Crippen LogP contribution in [0.4, 0.5) is 0 Å². The average molecular weight is 387 g/mol. The third-order valence-electron chi connectivity index (χ3n) is 4.84. The number of aliphatic imine (C=N–C) groups is 1. The fraction of sp³-hybridized carbons (Fsp3) is 0.550. The van der Waals surface area contributed by atoms with Crippen LogP contribution in [0.5, 0.6) is 0 Å². The van der Waals surface area contributed by atoms with E-state index in [2.05, 4.69) is 49.6 Å². The maximum Gasteiger partial charge on any atom is 0.191 e. The predicted molar refractivity (Wildman–Crippen MR) is 112 cm³/mol. The third-order valence-corrected chi connectivity index (χ3v) is 6.05. The Bertz CT molecular complexity index is 706. The summed E-state index contributed by atoms with van der Waals surface area (Å²) in [5, 5.41) is 8.19. The zero-order valence-electron chi connectivity index (χ0n) is 16.3. The Labute approximate surface area is 166 Å². The molecule has 0 bridgehead atoms. The van der Waals surface area contributed by atoms with Crippen LogP contribution in [0.1, 0.15) is 35.3 Å². The van der Waals surface area contributed by atoms with E-state index < -0.39 is 0 Å². The van der Waals surface area contributed by atoms with E-state index in [9.17, 15) is 0 Å². The Morgan fingerprint density at radius 1 is 1.30 bits per heavy atom. The topological polar surface area (TPSA) is 65.4 Å². The minimum Gasteiger partial charge on any atom is -0.356 e. The van der Waals surface area contributed by atoms with Crippen LogP contribution in [0.15, 0.2) is 35.6 Å². The number of hydrogen-bond donors (Lipinski definition) is 2. The molecule has 0 spiro atoms. The molecule has 0 radical (unpaired) electrons. The van der Waals surface area contributed by atoms with Crippen LogP contribution in [-0.4, -0.2) is 53.6 Å². The van der Waals surface area contributed by atoms with E-state index in [0.29, 0.717) is 6.04 Å². The number of nitrogens with one attached hydrogen (secondary N) is 2. The lowest BCUT2D eigenvalue weighted by Crippen LogP contribution is -2.48. The van der Waals surface area contributed by atoms with Gasteiger partial charge in [0.1, 0.15) is 0 Å². The molecule has 1 aliphatic rings. The van der Waals surface area contributed by atoms with Crippen LogP contribution in [0.2, 0.25) is 0 Å². The quantitative estimate of drug-likeness (QED) is 0.565. The maximum atomic E-state index is 4.48. The van der Waals surface area contributed by atoms with Gasteiger partial charge in [-0.25, -0.2) is 4.98 Å². The van der Waals surface area contributed by atoms with Crippen molar-refractivity contribution in [3.63, 3.8) is 0 Å². The zero-order valence-corrected chi connectivity index (χ0v) is 17.1. The van der Waals surface area contributed by atoms with Crippen LogP contribution in [0.25, 0.3) is 0 Å². The van der Waals surface area contributed by atoms with Crippen molar-refractivity contribution in [3.05, 3.63) is 46.2 Å². The lowest BCUT2D eigenvalue weighted by atomic mass is 10.0. The summed E-state index contributed by atoms with van der Waals surface area (Å²) in [6.45, 7) is 6.14. The van der Waals surface area contributed by atoms with Gasteiger partial charge in [0.15, 0.2) is 5.96 Å². The standard InChI is InChI=1S/C20H30N6S/c1-3-18-14-24-19(27-18)7-11-23-20(21-2)25-16-8-12-26(13-9-16)15-17-6-4-5-10-22-17/h4-6,10,14,16H,3,7-9,11-13,15H2,1-2H3,(H2,21,23,25). The maximum absolute atomic E-state index is 4.48. The summed E-state index contributed by atoms with van der Waals surface area (Å²) in [4.78, 5) is 17.1.